The molecule has 1 aliphatic carbocycles. The Bertz CT molecular complexity index is 325. The number of nitrogens with two attached hydrogens (primary N) is 2. The summed E-state index contributed by atoms with van der Waals surface area (Å²) in [6, 6.07) is 0. The van der Waals surface area contributed by atoms with Gasteiger partial charge in [0.05, 0.1) is 5.54 Å². The minimum atomic E-state index is -0.126. The standard InChI is InChI=1S/C8H16N6/c1-11-8(4-2-3-5-8)6-12-13-7(9)14(6)10/h11H,2-5,10H2,1H3,(H2,9,13). The molecule has 0 bridgehead atoms. The molecule has 0 aliphatic heterocycles. The third-order valence-electron chi connectivity index (χ3n) is 3.09. The predicted molar refractivity (Wildman–Crippen MR) is 53.8 cm³/mol. The van der Waals surface area contributed by atoms with Gasteiger partial charge in [-0.3, -0.25) is 0 Å². The van der Waals surface area contributed by atoms with Crippen molar-refractivity contribution in [3.8, 4) is 0 Å². The zero-order chi connectivity index (χ0) is 10.2. The second-order valence-corrected chi connectivity index (χ2v) is 3.79. The van der Waals surface area contributed by atoms with Gasteiger partial charge in [-0.25, -0.2) is 4.68 Å². The molecule has 14 heavy (non-hydrogen) atoms. The molecule has 2 rings (SSSR count). The molecule has 1 aromatic rings. The van der Waals surface area contributed by atoms with Gasteiger partial charge in [0, 0.05) is 0 Å². The van der Waals surface area contributed by atoms with Crippen LogP contribution >= 0.6 is 0 Å². The molecule has 1 aromatic heterocycles. The first-order chi connectivity index (χ1) is 6.69. The SMILES string of the molecule is CNC1(c2nnc(N)n2N)CCCC1. The highest BCUT2D eigenvalue weighted by Crippen LogP contribution is 2.37. The molecular weight excluding hydrogens is 180 g/mol. The lowest BCUT2D eigenvalue weighted by Gasteiger charge is -2.26. The summed E-state index contributed by atoms with van der Waals surface area (Å²) < 4.78 is 1.38. The maximum Gasteiger partial charge on any atom is 0.240 e. The van der Waals surface area contributed by atoms with Crippen molar-refractivity contribution in [2.45, 2.75) is 31.2 Å². The van der Waals surface area contributed by atoms with E-state index in [1.165, 1.54) is 17.5 Å². The topological polar surface area (TPSA) is 94.8 Å². The molecule has 0 spiro atoms. The van der Waals surface area contributed by atoms with Crippen LogP contribution in [-0.2, 0) is 5.54 Å². The zero-order valence-electron chi connectivity index (χ0n) is 8.32. The van der Waals surface area contributed by atoms with Crippen molar-refractivity contribution in [2.24, 2.45) is 0 Å². The largest absolute Gasteiger partial charge is 0.366 e. The average molecular weight is 196 g/mol. The van der Waals surface area contributed by atoms with E-state index in [9.17, 15) is 0 Å². The summed E-state index contributed by atoms with van der Waals surface area (Å²) in [6.07, 6.45) is 4.46. The van der Waals surface area contributed by atoms with Gasteiger partial charge in [-0.05, 0) is 19.9 Å². The zero-order valence-corrected chi connectivity index (χ0v) is 8.32. The van der Waals surface area contributed by atoms with Crippen LogP contribution in [0.1, 0.15) is 31.5 Å². The number of anilines is 1. The van der Waals surface area contributed by atoms with E-state index in [4.69, 9.17) is 11.6 Å². The number of nitrogens with zero attached hydrogens (tertiary/aromatic N) is 3. The van der Waals surface area contributed by atoms with E-state index in [1.54, 1.807) is 0 Å². The van der Waals surface area contributed by atoms with E-state index in [1.807, 2.05) is 7.05 Å². The number of hydrogen-bond acceptors (Lipinski definition) is 5. The Hall–Kier alpha value is -1.30. The molecule has 0 unspecified atom stereocenters. The molecule has 5 N–H and O–H groups in total. The Morgan fingerprint density at radius 1 is 1.36 bits per heavy atom. The normalized spacial score (nSPS) is 20.1. The molecule has 0 atom stereocenters. The molecule has 1 heterocycles. The fraction of sp³-hybridized carbons (Fsp3) is 0.750. The van der Waals surface area contributed by atoms with Gasteiger partial charge >= 0.3 is 0 Å². The Morgan fingerprint density at radius 2 is 2.00 bits per heavy atom. The van der Waals surface area contributed by atoms with Crippen molar-refractivity contribution >= 4 is 5.95 Å². The monoisotopic (exact) mass is 196 g/mol. The first-order valence-electron chi connectivity index (χ1n) is 4.85. The molecule has 78 valence electrons. The van der Waals surface area contributed by atoms with Crippen LogP contribution in [-0.4, -0.2) is 21.9 Å². The number of aromatic nitrogens is 3. The molecule has 6 heteroatoms. The van der Waals surface area contributed by atoms with Crippen LogP contribution < -0.4 is 16.9 Å². The first-order valence-corrected chi connectivity index (χ1v) is 4.85. The van der Waals surface area contributed by atoms with Crippen molar-refractivity contribution in [1.29, 1.82) is 0 Å². The van der Waals surface area contributed by atoms with Crippen molar-refractivity contribution in [2.75, 3.05) is 18.6 Å². The van der Waals surface area contributed by atoms with E-state index < -0.39 is 0 Å². The van der Waals surface area contributed by atoms with Crippen LogP contribution in [0.4, 0.5) is 5.95 Å². The summed E-state index contributed by atoms with van der Waals surface area (Å²) in [5.41, 5.74) is 5.43. The second kappa shape index (κ2) is 3.13. The highest BCUT2D eigenvalue weighted by Gasteiger charge is 2.38. The molecule has 0 radical (unpaired) electrons. The fourth-order valence-electron chi connectivity index (χ4n) is 2.19. The van der Waals surface area contributed by atoms with Gasteiger partial charge in [0.2, 0.25) is 5.95 Å². The number of nitrogens with one attached hydrogen (secondary N) is 1. The highest BCUT2D eigenvalue weighted by molar-refractivity contribution is 5.22. The average Bonchev–Trinajstić information content (AvgIpc) is 2.77. The van der Waals surface area contributed by atoms with Gasteiger partial charge in [-0.1, -0.05) is 12.8 Å². The molecule has 1 aliphatic rings. The van der Waals surface area contributed by atoms with Crippen LogP contribution in [0.25, 0.3) is 0 Å². The molecular formula is C8H16N6. The number of hydrogen-bond donors (Lipinski definition) is 3. The fourth-order valence-corrected chi connectivity index (χ4v) is 2.19. The highest BCUT2D eigenvalue weighted by atomic mass is 15.5. The van der Waals surface area contributed by atoms with Crippen molar-refractivity contribution in [1.82, 2.24) is 20.2 Å². The summed E-state index contributed by atoms with van der Waals surface area (Å²) >= 11 is 0. The summed E-state index contributed by atoms with van der Waals surface area (Å²) in [5.74, 6) is 6.78. The van der Waals surface area contributed by atoms with Gasteiger partial charge in [-0.2, -0.15) is 0 Å². The Balaban J connectivity index is 2.40. The maximum atomic E-state index is 5.77. The summed E-state index contributed by atoms with van der Waals surface area (Å²) in [5, 5.41) is 11.1. The van der Waals surface area contributed by atoms with Crippen molar-refractivity contribution < 1.29 is 0 Å². The van der Waals surface area contributed by atoms with Gasteiger partial charge in [-0.15, -0.1) is 10.2 Å². The van der Waals surface area contributed by atoms with Gasteiger partial charge in [0.1, 0.15) is 0 Å². The predicted octanol–water partition coefficient (Wildman–Crippen LogP) is -0.437. The molecule has 0 amide bonds. The van der Waals surface area contributed by atoms with Crippen molar-refractivity contribution in [3.05, 3.63) is 5.82 Å². The Kier molecular flexibility index (Phi) is 2.07. The lowest BCUT2D eigenvalue weighted by atomic mass is 9.97. The smallest absolute Gasteiger partial charge is 0.240 e. The Morgan fingerprint density at radius 3 is 2.43 bits per heavy atom. The summed E-state index contributed by atoms with van der Waals surface area (Å²) in [6.45, 7) is 0. The molecule has 6 nitrogen and oxygen atoms in total. The van der Waals surface area contributed by atoms with Crippen LogP contribution in [0, 0.1) is 0 Å². The van der Waals surface area contributed by atoms with Crippen LogP contribution in [0.5, 0.6) is 0 Å². The van der Waals surface area contributed by atoms with Gasteiger partial charge < -0.3 is 16.9 Å². The second-order valence-electron chi connectivity index (χ2n) is 3.79. The first kappa shape index (κ1) is 9.26. The number of rotatable bonds is 2. The quantitative estimate of drug-likeness (QED) is 0.557. The third-order valence-corrected chi connectivity index (χ3v) is 3.09. The molecule has 0 aromatic carbocycles. The Labute approximate surface area is 82.6 Å². The van der Waals surface area contributed by atoms with E-state index >= 15 is 0 Å². The van der Waals surface area contributed by atoms with Crippen LogP contribution in [0.3, 0.4) is 0 Å². The molecule has 1 fully saturated rings. The lowest BCUT2D eigenvalue weighted by Crippen LogP contribution is -2.41. The van der Waals surface area contributed by atoms with Crippen LogP contribution in [0.2, 0.25) is 0 Å². The van der Waals surface area contributed by atoms with E-state index in [0.29, 0.717) is 0 Å². The van der Waals surface area contributed by atoms with Gasteiger partial charge in [0.25, 0.3) is 0 Å². The lowest BCUT2D eigenvalue weighted by molar-refractivity contribution is 0.342. The van der Waals surface area contributed by atoms with E-state index in [-0.39, 0.29) is 11.5 Å². The summed E-state index contributed by atoms with van der Waals surface area (Å²) in [7, 11) is 1.93. The minimum Gasteiger partial charge on any atom is -0.366 e. The van der Waals surface area contributed by atoms with Crippen LogP contribution in [0.15, 0.2) is 0 Å². The third kappa shape index (κ3) is 1.14. The molecule has 1 saturated carbocycles. The minimum absolute atomic E-state index is 0.126. The van der Waals surface area contributed by atoms with Crippen molar-refractivity contribution in [3.63, 3.8) is 0 Å². The van der Waals surface area contributed by atoms with Gasteiger partial charge in [0.15, 0.2) is 5.82 Å². The number of nitrogen functional groups attached to an aromatic ring is 2. The molecule has 0 saturated heterocycles. The summed E-state index contributed by atoms with van der Waals surface area (Å²) in [4.78, 5) is 0. The maximum absolute atomic E-state index is 5.77. The van der Waals surface area contributed by atoms with E-state index in [2.05, 4.69) is 15.5 Å². The van der Waals surface area contributed by atoms with E-state index in [0.717, 1.165) is 18.7 Å².